The number of nitrogens with one attached hydrogen (secondary N) is 2. The summed E-state index contributed by atoms with van der Waals surface area (Å²) in [6.45, 7) is 5.83. The monoisotopic (exact) mass is 483 g/mol. The van der Waals surface area contributed by atoms with Gasteiger partial charge in [0.1, 0.15) is 17.0 Å². The molecule has 0 saturated heterocycles. The van der Waals surface area contributed by atoms with Crippen LogP contribution < -0.4 is 15.6 Å². The van der Waals surface area contributed by atoms with Gasteiger partial charge in [0.25, 0.3) is 11.5 Å². The Kier molecular flexibility index (Phi) is 6.07. The van der Waals surface area contributed by atoms with Crippen molar-refractivity contribution in [1.82, 2.24) is 29.5 Å². The van der Waals surface area contributed by atoms with Gasteiger partial charge in [-0.2, -0.15) is 19.9 Å². The van der Waals surface area contributed by atoms with Crippen LogP contribution in [-0.2, 0) is 4.79 Å². The number of aromatic amines is 1. The molecule has 182 valence electrons. The molecule has 5 aromatic rings. The van der Waals surface area contributed by atoms with Crippen molar-refractivity contribution >= 4 is 22.8 Å². The molecule has 0 fully saturated rings. The van der Waals surface area contributed by atoms with Gasteiger partial charge in [-0.15, -0.1) is 0 Å². The number of rotatable bonds is 7. The van der Waals surface area contributed by atoms with Crippen molar-refractivity contribution in [3.63, 3.8) is 0 Å². The Bertz CT molecular complexity index is 1580. The summed E-state index contributed by atoms with van der Waals surface area (Å²) in [5.74, 6) is 1.14. The Morgan fingerprint density at radius 1 is 1.08 bits per heavy atom. The fourth-order valence-electron chi connectivity index (χ4n) is 3.79. The van der Waals surface area contributed by atoms with Crippen molar-refractivity contribution in [1.29, 1.82) is 0 Å². The molecule has 3 aromatic heterocycles. The van der Waals surface area contributed by atoms with E-state index in [0.29, 0.717) is 34.2 Å². The normalized spacial score (nSPS) is 11.2. The van der Waals surface area contributed by atoms with Gasteiger partial charge in [0, 0.05) is 6.07 Å². The van der Waals surface area contributed by atoms with Crippen LogP contribution in [0.2, 0.25) is 0 Å². The third kappa shape index (κ3) is 4.61. The van der Waals surface area contributed by atoms with E-state index in [1.165, 1.54) is 16.4 Å². The molecular formula is C26H25N7O3. The highest BCUT2D eigenvalue weighted by Crippen LogP contribution is 2.20. The zero-order chi connectivity index (χ0) is 25.2. The number of carbonyl (C=O) groups excluding carboxylic acids is 1. The van der Waals surface area contributed by atoms with Crippen LogP contribution in [0.1, 0.15) is 31.0 Å². The van der Waals surface area contributed by atoms with Gasteiger partial charge in [-0.1, -0.05) is 44.2 Å². The lowest BCUT2D eigenvalue weighted by Crippen LogP contribution is -2.23. The molecule has 0 radical (unpaired) electrons. The van der Waals surface area contributed by atoms with E-state index in [4.69, 9.17) is 4.74 Å². The number of para-hydroxylation sites is 1. The largest absolute Gasteiger partial charge is 0.484 e. The molecule has 0 spiro atoms. The van der Waals surface area contributed by atoms with Gasteiger partial charge in [-0.25, -0.2) is 4.68 Å². The Balaban J connectivity index is 1.39. The van der Waals surface area contributed by atoms with E-state index < -0.39 is 0 Å². The van der Waals surface area contributed by atoms with Crippen LogP contribution in [0.5, 0.6) is 5.75 Å². The van der Waals surface area contributed by atoms with Crippen LogP contribution in [0.15, 0.2) is 71.7 Å². The number of amides is 1. The average Bonchev–Trinajstić information content (AvgIpc) is 3.47. The standard InChI is InChI=1S/C26H25N7O3/c1-16(2)18-9-11-20(12-10-18)36-15-23(34)28-22-13-17(3)31-33(22)26-29-24-21(25(35)30-26)14-27-32(24)19-7-5-4-6-8-19/h4-14,16H,15H2,1-3H3,(H,28,34)(H,29,30,35). The summed E-state index contributed by atoms with van der Waals surface area (Å²) in [7, 11) is 0. The van der Waals surface area contributed by atoms with Crippen molar-refractivity contribution in [3.05, 3.63) is 88.5 Å². The number of carbonyl (C=O) groups is 1. The third-order valence-corrected chi connectivity index (χ3v) is 5.64. The minimum Gasteiger partial charge on any atom is -0.484 e. The average molecular weight is 484 g/mol. The predicted molar refractivity (Wildman–Crippen MR) is 136 cm³/mol. The molecule has 2 aromatic carbocycles. The summed E-state index contributed by atoms with van der Waals surface area (Å²) in [5.41, 5.74) is 2.60. The number of hydrogen-bond donors (Lipinski definition) is 2. The van der Waals surface area contributed by atoms with Gasteiger partial charge in [-0.3, -0.25) is 14.6 Å². The quantitative estimate of drug-likeness (QED) is 0.364. The third-order valence-electron chi connectivity index (χ3n) is 5.64. The predicted octanol–water partition coefficient (Wildman–Crippen LogP) is 3.74. The molecule has 5 rings (SSSR count). The lowest BCUT2D eigenvalue weighted by atomic mass is 10.0. The lowest BCUT2D eigenvalue weighted by Gasteiger charge is -2.10. The molecule has 0 bridgehead atoms. The number of anilines is 1. The topological polar surface area (TPSA) is 120 Å². The van der Waals surface area contributed by atoms with Crippen LogP contribution in [0.4, 0.5) is 5.82 Å². The van der Waals surface area contributed by atoms with Gasteiger partial charge in [-0.05, 0) is 42.7 Å². The lowest BCUT2D eigenvalue weighted by molar-refractivity contribution is -0.118. The second-order valence-electron chi connectivity index (χ2n) is 8.66. The summed E-state index contributed by atoms with van der Waals surface area (Å²) in [6, 6.07) is 18.7. The Labute approximate surface area is 206 Å². The minimum absolute atomic E-state index is 0.152. The van der Waals surface area contributed by atoms with E-state index in [1.54, 1.807) is 17.7 Å². The number of H-pyrrole nitrogens is 1. The van der Waals surface area contributed by atoms with Crippen LogP contribution >= 0.6 is 0 Å². The summed E-state index contributed by atoms with van der Waals surface area (Å²) < 4.78 is 8.60. The summed E-state index contributed by atoms with van der Waals surface area (Å²) in [6.07, 6.45) is 1.47. The van der Waals surface area contributed by atoms with Crippen molar-refractivity contribution < 1.29 is 9.53 Å². The number of fused-ring (bicyclic) bond motifs is 1. The molecule has 0 aliphatic heterocycles. The molecule has 10 heteroatoms. The number of aryl methyl sites for hydroxylation is 1. The SMILES string of the molecule is Cc1cc(NC(=O)COc2ccc(C(C)C)cc2)n(-c2nc3c(cnn3-c3ccccc3)c(=O)[nH]2)n1. The van der Waals surface area contributed by atoms with E-state index in [0.717, 1.165) is 5.69 Å². The number of ether oxygens (including phenoxy) is 1. The van der Waals surface area contributed by atoms with E-state index in [2.05, 4.69) is 39.3 Å². The number of nitrogens with zero attached hydrogens (tertiary/aromatic N) is 5. The number of aromatic nitrogens is 6. The second kappa shape index (κ2) is 9.49. The summed E-state index contributed by atoms with van der Waals surface area (Å²) >= 11 is 0. The molecule has 3 heterocycles. The molecule has 2 N–H and O–H groups in total. The molecule has 36 heavy (non-hydrogen) atoms. The first-order valence-electron chi connectivity index (χ1n) is 11.5. The Morgan fingerprint density at radius 3 is 2.56 bits per heavy atom. The van der Waals surface area contributed by atoms with E-state index in [1.807, 2.05) is 54.6 Å². The van der Waals surface area contributed by atoms with E-state index in [9.17, 15) is 9.59 Å². The van der Waals surface area contributed by atoms with E-state index in [-0.39, 0.29) is 24.0 Å². The van der Waals surface area contributed by atoms with Gasteiger partial charge >= 0.3 is 0 Å². The molecule has 10 nitrogen and oxygen atoms in total. The van der Waals surface area contributed by atoms with Gasteiger partial charge < -0.3 is 10.1 Å². The van der Waals surface area contributed by atoms with Crippen LogP contribution in [0.3, 0.4) is 0 Å². The Hall–Kier alpha value is -4.73. The molecule has 0 atom stereocenters. The van der Waals surface area contributed by atoms with Crippen LogP contribution in [-0.4, -0.2) is 42.0 Å². The molecule has 0 saturated carbocycles. The molecule has 0 aliphatic rings. The zero-order valence-electron chi connectivity index (χ0n) is 20.1. The fourth-order valence-corrected chi connectivity index (χ4v) is 3.79. The molecular weight excluding hydrogens is 458 g/mol. The highest BCUT2D eigenvalue weighted by Gasteiger charge is 2.17. The van der Waals surface area contributed by atoms with Crippen molar-refractivity contribution in [3.8, 4) is 17.4 Å². The van der Waals surface area contributed by atoms with Crippen LogP contribution in [0.25, 0.3) is 22.7 Å². The highest BCUT2D eigenvalue weighted by atomic mass is 16.5. The van der Waals surface area contributed by atoms with Crippen molar-refractivity contribution in [2.24, 2.45) is 0 Å². The minimum atomic E-state index is -0.373. The zero-order valence-corrected chi connectivity index (χ0v) is 20.1. The number of hydrogen-bond acceptors (Lipinski definition) is 6. The van der Waals surface area contributed by atoms with E-state index >= 15 is 0 Å². The Morgan fingerprint density at radius 2 is 1.83 bits per heavy atom. The van der Waals surface area contributed by atoms with Crippen LogP contribution in [0, 0.1) is 6.92 Å². The summed E-state index contributed by atoms with van der Waals surface area (Å²) in [4.78, 5) is 32.8. The first kappa shape index (κ1) is 23.0. The highest BCUT2D eigenvalue weighted by molar-refractivity contribution is 5.91. The van der Waals surface area contributed by atoms with Gasteiger partial charge in [0.15, 0.2) is 12.3 Å². The molecule has 0 aliphatic carbocycles. The first-order valence-corrected chi connectivity index (χ1v) is 11.5. The maximum absolute atomic E-state index is 12.8. The maximum Gasteiger partial charge on any atom is 0.263 e. The molecule has 1 amide bonds. The maximum atomic E-state index is 12.8. The first-order chi connectivity index (χ1) is 17.4. The fraction of sp³-hybridized carbons (Fsp3) is 0.192. The van der Waals surface area contributed by atoms with Gasteiger partial charge in [0.2, 0.25) is 5.95 Å². The smallest absolute Gasteiger partial charge is 0.263 e. The van der Waals surface area contributed by atoms with Crippen molar-refractivity contribution in [2.75, 3.05) is 11.9 Å². The van der Waals surface area contributed by atoms with Gasteiger partial charge in [0.05, 0.1) is 17.6 Å². The van der Waals surface area contributed by atoms with Crippen molar-refractivity contribution in [2.45, 2.75) is 26.7 Å². The molecule has 0 unspecified atom stereocenters. The summed E-state index contributed by atoms with van der Waals surface area (Å²) in [5, 5.41) is 11.9. The second-order valence-corrected chi connectivity index (χ2v) is 8.66. The number of benzene rings is 2.